The van der Waals surface area contributed by atoms with Gasteiger partial charge in [0, 0.05) is 19.5 Å². The highest BCUT2D eigenvalue weighted by atomic mass is 19.4. The molecule has 2 atom stereocenters. The zero-order chi connectivity index (χ0) is 18.1. The molecule has 1 aliphatic rings. The molecule has 0 saturated carbocycles. The van der Waals surface area contributed by atoms with E-state index in [-0.39, 0.29) is 6.42 Å². The number of hydrogen-bond donors (Lipinski definition) is 1. The van der Waals surface area contributed by atoms with Gasteiger partial charge in [-0.05, 0) is 25.0 Å². The summed E-state index contributed by atoms with van der Waals surface area (Å²) < 4.78 is 66.6. The summed E-state index contributed by atoms with van der Waals surface area (Å²) in [5.74, 6) is -4.52. The maximum atomic E-state index is 13.8. The molecule has 0 spiro atoms. The van der Waals surface area contributed by atoms with Gasteiger partial charge in [-0.2, -0.15) is 13.2 Å². The third-order valence-corrected chi connectivity index (χ3v) is 3.81. The van der Waals surface area contributed by atoms with Crippen LogP contribution in [0, 0.1) is 11.6 Å². The Hall–Kier alpha value is -2.19. The van der Waals surface area contributed by atoms with E-state index in [9.17, 15) is 31.5 Å². The fourth-order valence-corrected chi connectivity index (χ4v) is 2.76. The second-order valence-corrected chi connectivity index (χ2v) is 5.59. The van der Waals surface area contributed by atoms with Crippen molar-refractivity contribution in [3.63, 3.8) is 0 Å². The van der Waals surface area contributed by atoms with Crippen LogP contribution in [0.15, 0.2) is 18.2 Å². The van der Waals surface area contributed by atoms with Crippen LogP contribution in [0.1, 0.15) is 30.1 Å². The normalized spacial score (nSPS) is 21.5. The number of nitrogens with zero attached hydrogens (tertiary/aromatic N) is 1. The van der Waals surface area contributed by atoms with E-state index in [1.807, 2.05) is 0 Å². The summed E-state index contributed by atoms with van der Waals surface area (Å²) in [6.45, 7) is 0.771. The van der Waals surface area contributed by atoms with Gasteiger partial charge in [-0.25, -0.2) is 8.78 Å². The maximum absolute atomic E-state index is 13.8. The van der Waals surface area contributed by atoms with Gasteiger partial charge in [-0.3, -0.25) is 9.59 Å². The highest BCUT2D eigenvalue weighted by molar-refractivity contribution is 5.95. The number of amides is 2. The molecule has 0 unspecified atom stereocenters. The minimum Gasteiger partial charge on any atom is -0.352 e. The van der Waals surface area contributed by atoms with E-state index in [1.54, 1.807) is 0 Å². The Morgan fingerprint density at radius 1 is 1.21 bits per heavy atom. The van der Waals surface area contributed by atoms with Gasteiger partial charge < -0.3 is 10.2 Å². The largest absolute Gasteiger partial charge is 0.408 e. The first-order valence-corrected chi connectivity index (χ1v) is 7.20. The SMILES string of the molecule is CC(=O)N[C@@H]1CC[C@H](C(F)(F)F)N(C(=O)c2cccc(F)c2F)C1. The minimum absolute atomic E-state index is 0.0270. The summed E-state index contributed by atoms with van der Waals surface area (Å²) in [5.41, 5.74) is -0.771. The van der Waals surface area contributed by atoms with Crippen molar-refractivity contribution >= 4 is 11.8 Å². The fourth-order valence-electron chi connectivity index (χ4n) is 2.76. The molecule has 132 valence electrons. The van der Waals surface area contributed by atoms with Crippen molar-refractivity contribution in [2.75, 3.05) is 6.54 Å². The quantitative estimate of drug-likeness (QED) is 0.834. The van der Waals surface area contributed by atoms with Crippen molar-refractivity contribution in [3.05, 3.63) is 35.4 Å². The Labute approximate surface area is 134 Å². The molecule has 1 aromatic rings. The number of halogens is 5. The second-order valence-electron chi connectivity index (χ2n) is 5.59. The number of benzene rings is 1. The number of hydrogen-bond acceptors (Lipinski definition) is 2. The van der Waals surface area contributed by atoms with Crippen LogP contribution in [-0.2, 0) is 4.79 Å². The van der Waals surface area contributed by atoms with Gasteiger partial charge in [0.1, 0.15) is 6.04 Å². The van der Waals surface area contributed by atoms with Gasteiger partial charge >= 0.3 is 6.18 Å². The Bertz CT molecular complexity index is 647. The number of alkyl halides is 3. The van der Waals surface area contributed by atoms with Crippen LogP contribution in [-0.4, -0.2) is 41.5 Å². The first kappa shape index (κ1) is 18.2. The molecule has 0 aliphatic carbocycles. The van der Waals surface area contributed by atoms with Crippen molar-refractivity contribution in [2.45, 2.75) is 38.0 Å². The van der Waals surface area contributed by atoms with E-state index in [0.717, 1.165) is 18.2 Å². The molecule has 0 aromatic heterocycles. The van der Waals surface area contributed by atoms with E-state index in [4.69, 9.17) is 0 Å². The fraction of sp³-hybridized carbons (Fsp3) is 0.467. The number of carbonyl (C=O) groups is 2. The maximum Gasteiger partial charge on any atom is 0.408 e. The van der Waals surface area contributed by atoms with Gasteiger partial charge in [0.05, 0.1) is 5.56 Å². The van der Waals surface area contributed by atoms with E-state index in [0.29, 0.717) is 4.90 Å². The van der Waals surface area contributed by atoms with Crippen LogP contribution in [0.4, 0.5) is 22.0 Å². The smallest absolute Gasteiger partial charge is 0.352 e. The Balaban J connectivity index is 2.34. The molecule has 2 amide bonds. The summed E-state index contributed by atoms with van der Waals surface area (Å²) in [5, 5.41) is 2.45. The van der Waals surface area contributed by atoms with E-state index in [2.05, 4.69) is 5.32 Å². The first-order chi connectivity index (χ1) is 11.1. The molecule has 0 bridgehead atoms. The summed E-state index contributed by atoms with van der Waals surface area (Å²) in [7, 11) is 0. The van der Waals surface area contributed by atoms with Gasteiger partial charge in [-0.15, -0.1) is 0 Å². The van der Waals surface area contributed by atoms with Crippen LogP contribution in [0.25, 0.3) is 0 Å². The first-order valence-electron chi connectivity index (χ1n) is 7.20. The predicted molar refractivity (Wildman–Crippen MR) is 74.1 cm³/mol. The lowest BCUT2D eigenvalue weighted by Crippen LogP contribution is -2.58. The van der Waals surface area contributed by atoms with Crippen molar-refractivity contribution < 1.29 is 31.5 Å². The van der Waals surface area contributed by atoms with Crippen molar-refractivity contribution in [2.24, 2.45) is 0 Å². The molecule has 4 nitrogen and oxygen atoms in total. The highest BCUT2D eigenvalue weighted by Crippen LogP contribution is 2.33. The van der Waals surface area contributed by atoms with Crippen LogP contribution in [0.2, 0.25) is 0 Å². The molecule has 1 saturated heterocycles. The number of nitrogens with one attached hydrogen (secondary N) is 1. The summed E-state index contributed by atoms with van der Waals surface area (Å²) in [6.07, 6.45) is -5.11. The molecule has 1 N–H and O–H groups in total. The van der Waals surface area contributed by atoms with Crippen molar-refractivity contribution in [1.82, 2.24) is 10.2 Å². The van der Waals surface area contributed by atoms with Gasteiger partial charge in [0.25, 0.3) is 5.91 Å². The number of piperidine rings is 1. The molecule has 1 aliphatic heterocycles. The van der Waals surface area contributed by atoms with Gasteiger partial charge in [-0.1, -0.05) is 6.07 Å². The monoisotopic (exact) mass is 350 g/mol. The van der Waals surface area contributed by atoms with E-state index in [1.165, 1.54) is 6.92 Å². The van der Waals surface area contributed by atoms with Gasteiger partial charge in [0.2, 0.25) is 5.91 Å². The number of rotatable bonds is 2. The molecular formula is C15H15F5N2O2. The summed E-state index contributed by atoms with van der Waals surface area (Å²) >= 11 is 0. The zero-order valence-electron chi connectivity index (χ0n) is 12.7. The lowest BCUT2D eigenvalue weighted by atomic mass is 9.96. The van der Waals surface area contributed by atoms with Crippen LogP contribution >= 0.6 is 0 Å². The molecule has 2 rings (SSSR count). The standard InChI is InChI=1S/C15H15F5N2O2/c1-8(23)21-9-5-6-12(15(18,19)20)22(7-9)14(24)10-3-2-4-11(16)13(10)17/h2-4,9,12H,5-7H2,1H3,(H,21,23)/t9-,12-/m1/s1. The van der Waals surface area contributed by atoms with Crippen molar-refractivity contribution in [3.8, 4) is 0 Å². The van der Waals surface area contributed by atoms with Crippen molar-refractivity contribution in [1.29, 1.82) is 0 Å². The molecule has 1 heterocycles. The highest BCUT2D eigenvalue weighted by Gasteiger charge is 2.48. The van der Waals surface area contributed by atoms with Gasteiger partial charge in [0.15, 0.2) is 11.6 Å². The zero-order valence-corrected chi connectivity index (χ0v) is 12.7. The predicted octanol–water partition coefficient (Wildman–Crippen LogP) is 2.64. The molecule has 24 heavy (non-hydrogen) atoms. The Kier molecular flexibility index (Phi) is 5.10. The second kappa shape index (κ2) is 6.74. The minimum atomic E-state index is -4.71. The number of likely N-dealkylation sites (tertiary alicyclic amines) is 1. The molecule has 9 heteroatoms. The topological polar surface area (TPSA) is 49.4 Å². The van der Waals surface area contributed by atoms with E-state index >= 15 is 0 Å². The average molecular weight is 350 g/mol. The average Bonchev–Trinajstić information content (AvgIpc) is 2.47. The number of carbonyl (C=O) groups excluding carboxylic acids is 2. The van der Waals surface area contributed by atoms with Crippen LogP contribution < -0.4 is 5.32 Å². The molecule has 1 aromatic carbocycles. The van der Waals surface area contributed by atoms with Crippen LogP contribution in [0.5, 0.6) is 0 Å². The molecular weight excluding hydrogens is 335 g/mol. The lowest BCUT2D eigenvalue weighted by molar-refractivity contribution is -0.184. The van der Waals surface area contributed by atoms with E-state index < -0.39 is 60.2 Å². The Morgan fingerprint density at radius 3 is 2.46 bits per heavy atom. The molecule has 1 fully saturated rings. The molecule has 0 radical (unpaired) electrons. The lowest BCUT2D eigenvalue weighted by Gasteiger charge is -2.40. The third kappa shape index (κ3) is 3.82. The van der Waals surface area contributed by atoms with Crippen LogP contribution in [0.3, 0.4) is 0 Å². The Morgan fingerprint density at radius 2 is 1.88 bits per heavy atom. The summed E-state index contributed by atoms with van der Waals surface area (Å²) in [6, 6.07) is -0.0528. The third-order valence-electron chi connectivity index (χ3n) is 3.81. The summed E-state index contributed by atoms with van der Waals surface area (Å²) in [4.78, 5) is 23.9.